The molecule has 1 heterocycles. The van der Waals surface area contributed by atoms with E-state index in [1.54, 1.807) is 0 Å². The third-order valence-electron chi connectivity index (χ3n) is 5.56. The third-order valence-corrected chi connectivity index (χ3v) is 5.56. The summed E-state index contributed by atoms with van der Waals surface area (Å²) >= 11 is 0. The van der Waals surface area contributed by atoms with Crippen LogP contribution in [0.4, 0.5) is 5.69 Å². The molecule has 2 aromatic carbocycles. The zero-order chi connectivity index (χ0) is 19.2. The van der Waals surface area contributed by atoms with Gasteiger partial charge in [-0.15, -0.1) is 0 Å². The first kappa shape index (κ1) is 19.4. The molecule has 1 aliphatic rings. The van der Waals surface area contributed by atoms with Crippen molar-refractivity contribution in [2.75, 3.05) is 31.1 Å². The number of carbonyl (C=O) groups excluding carboxylic acids is 1. The quantitative estimate of drug-likeness (QED) is 0.834. The van der Waals surface area contributed by atoms with Gasteiger partial charge in [0, 0.05) is 30.9 Å². The fraction of sp³-hybridized carbons (Fsp3) is 0.435. The molecule has 0 aliphatic carbocycles. The molecule has 4 nitrogen and oxygen atoms in total. The summed E-state index contributed by atoms with van der Waals surface area (Å²) in [7, 11) is 0. The number of aliphatic hydroxyl groups excluding tert-OH is 1. The first-order valence-electron chi connectivity index (χ1n) is 10.0. The monoisotopic (exact) mass is 366 g/mol. The average molecular weight is 367 g/mol. The average Bonchev–Trinajstić information content (AvgIpc) is 2.74. The van der Waals surface area contributed by atoms with E-state index in [1.165, 1.54) is 5.69 Å². The smallest absolute Gasteiger partial charge is 0.254 e. The van der Waals surface area contributed by atoms with Gasteiger partial charge in [0.05, 0.1) is 12.6 Å². The Morgan fingerprint density at radius 3 is 2.15 bits per heavy atom. The van der Waals surface area contributed by atoms with Crippen LogP contribution in [0.1, 0.15) is 43.5 Å². The van der Waals surface area contributed by atoms with Gasteiger partial charge in [0.1, 0.15) is 0 Å². The number of carbonyl (C=O) groups is 1. The molecule has 0 spiro atoms. The Morgan fingerprint density at radius 2 is 1.59 bits per heavy atom. The van der Waals surface area contributed by atoms with Gasteiger partial charge in [0.25, 0.3) is 5.91 Å². The fourth-order valence-corrected chi connectivity index (χ4v) is 3.88. The lowest BCUT2D eigenvalue weighted by Gasteiger charge is -2.34. The van der Waals surface area contributed by atoms with Gasteiger partial charge in [-0.25, -0.2) is 0 Å². The van der Waals surface area contributed by atoms with E-state index in [0.29, 0.717) is 5.56 Å². The van der Waals surface area contributed by atoms with Crippen molar-refractivity contribution in [1.82, 2.24) is 4.90 Å². The second kappa shape index (κ2) is 9.05. The number of hydrogen-bond donors (Lipinski definition) is 1. The number of nitrogens with zero attached hydrogens (tertiary/aromatic N) is 2. The van der Waals surface area contributed by atoms with Crippen LogP contribution in [-0.4, -0.2) is 48.2 Å². The first-order valence-corrected chi connectivity index (χ1v) is 10.0. The summed E-state index contributed by atoms with van der Waals surface area (Å²) in [5.41, 5.74) is 4.18. The molecule has 0 saturated carbocycles. The number of amides is 1. The predicted octanol–water partition coefficient (Wildman–Crippen LogP) is 4.19. The standard InChI is InChI=1S/C23H30N2O2/c1-3-24(4-2)21-14-12-19(13-15-21)18-8-10-20(11-9-18)23(27)25-16-6-5-7-22(25)17-26/h8-15,22,26H,3-7,16-17H2,1-2H3. The second-order valence-corrected chi connectivity index (χ2v) is 7.13. The zero-order valence-corrected chi connectivity index (χ0v) is 16.4. The molecule has 4 heteroatoms. The number of benzene rings is 2. The highest BCUT2D eigenvalue weighted by atomic mass is 16.3. The lowest BCUT2D eigenvalue weighted by molar-refractivity contribution is 0.0503. The molecule has 1 saturated heterocycles. The van der Waals surface area contributed by atoms with Crippen LogP contribution in [0.2, 0.25) is 0 Å². The third kappa shape index (κ3) is 4.33. The summed E-state index contributed by atoms with van der Waals surface area (Å²) in [5.74, 6) is 0.0252. The van der Waals surface area contributed by atoms with Crippen molar-refractivity contribution in [3.05, 3.63) is 54.1 Å². The summed E-state index contributed by atoms with van der Waals surface area (Å²) in [5, 5.41) is 9.55. The number of aliphatic hydroxyl groups is 1. The van der Waals surface area contributed by atoms with Crippen molar-refractivity contribution in [1.29, 1.82) is 0 Å². The van der Waals surface area contributed by atoms with Crippen molar-refractivity contribution in [3.63, 3.8) is 0 Å². The molecule has 0 radical (unpaired) electrons. The minimum atomic E-state index is -0.0430. The second-order valence-electron chi connectivity index (χ2n) is 7.13. The molecule has 0 aromatic heterocycles. The van der Waals surface area contributed by atoms with E-state index in [-0.39, 0.29) is 18.6 Å². The molecule has 1 atom stereocenters. The van der Waals surface area contributed by atoms with Gasteiger partial charge in [-0.3, -0.25) is 4.79 Å². The van der Waals surface area contributed by atoms with Gasteiger partial charge in [0.15, 0.2) is 0 Å². The van der Waals surface area contributed by atoms with E-state index in [1.807, 2.05) is 29.2 Å². The molecule has 1 unspecified atom stereocenters. The number of likely N-dealkylation sites (tertiary alicyclic amines) is 1. The Morgan fingerprint density at radius 1 is 1.00 bits per heavy atom. The Labute approximate surface area is 162 Å². The number of rotatable bonds is 6. The van der Waals surface area contributed by atoms with Crippen LogP contribution >= 0.6 is 0 Å². The minimum absolute atomic E-state index is 0.0252. The Hall–Kier alpha value is -2.33. The number of hydrogen-bond acceptors (Lipinski definition) is 3. The maximum absolute atomic E-state index is 12.8. The molecule has 144 valence electrons. The molecule has 1 amide bonds. The SMILES string of the molecule is CCN(CC)c1ccc(-c2ccc(C(=O)N3CCCCC3CO)cc2)cc1. The van der Waals surface area contributed by atoms with Crippen LogP contribution in [0.5, 0.6) is 0 Å². The molecule has 27 heavy (non-hydrogen) atoms. The van der Waals surface area contributed by atoms with Crippen molar-refractivity contribution in [2.45, 2.75) is 39.2 Å². The molecule has 1 N–H and O–H groups in total. The Bertz CT molecular complexity index is 736. The maximum atomic E-state index is 12.8. The van der Waals surface area contributed by atoms with Crippen LogP contribution in [-0.2, 0) is 0 Å². The summed E-state index contributed by atoms with van der Waals surface area (Å²) in [4.78, 5) is 17.0. The lowest BCUT2D eigenvalue weighted by atomic mass is 10.00. The van der Waals surface area contributed by atoms with Gasteiger partial charge in [-0.2, -0.15) is 0 Å². The fourth-order valence-electron chi connectivity index (χ4n) is 3.88. The zero-order valence-electron chi connectivity index (χ0n) is 16.4. The largest absolute Gasteiger partial charge is 0.394 e. The first-order chi connectivity index (χ1) is 13.2. The highest BCUT2D eigenvalue weighted by Gasteiger charge is 2.26. The number of anilines is 1. The van der Waals surface area contributed by atoms with Crippen molar-refractivity contribution in [3.8, 4) is 11.1 Å². The molecule has 2 aromatic rings. The summed E-state index contributed by atoms with van der Waals surface area (Å²) in [6, 6.07) is 16.4. The van der Waals surface area contributed by atoms with Gasteiger partial charge < -0.3 is 14.9 Å². The van der Waals surface area contributed by atoms with E-state index >= 15 is 0 Å². The minimum Gasteiger partial charge on any atom is -0.394 e. The van der Waals surface area contributed by atoms with Crippen LogP contribution in [0.3, 0.4) is 0 Å². The molecule has 3 rings (SSSR count). The summed E-state index contributed by atoms with van der Waals surface area (Å²) in [6.07, 6.45) is 2.98. The van der Waals surface area contributed by atoms with Crippen molar-refractivity contribution < 1.29 is 9.90 Å². The molecule has 1 aliphatic heterocycles. The van der Waals surface area contributed by atoms with Crippen LogP contribution < -0.4 is 4.90 Å². The van der Waals surface area contributed by atoms with Crippen LogP contribution in [0, 0.1) is 0 Å². The molecular formula is C23H30N2O2. The summed E-state index contributed by atoms with van der Waals surface area (Å²) < 4.78 is 0. The normalized spacial score (nSPS) is 17.0. The van der Waals surface area contributed by atoms with Gasteiger partial charge in [-0.05, 0) is 68.5 Å². The lowest BCUT2D eigenvalue weighted by Crippen LogP contribution is -2.45. The highest BCUT2D eigenvalue weighted by Crippen LogP contribution is 2.25. The van der Waals surface area contributed by atoms with Gasteiger partial charge in [-0.1, -0.05) is 24.3 Å². The van der Waals surface area contributed by atoms with Crippen molar-refractivity contribution in [2.24, 2.45) is 0 Å². The molecule has 1 fully saturated rings. The van der Waals surface area contributed by atoms with Gasteiger partial charge >= 0.3 is 0 Å². The summed E-state index contributed by atoms with van der Waals surface area (Å²) in [6.45, 7) is 7.10. The Kier molecular flexibility index (Phi) is 6.51. The maximum Gasteiger partial charge on any atom is 0.254 e. The topological polar surface area (TPSA) is 43.8 Å². The van der Waals surface area contributed by atoms with E-state index in [0.717, 1.165) is 50.0 Å². The van der Waals surface area contributed by atoms with E-state index in [2.05, 4.69) is 43.0 Å². The highest BCUT2D eigenvalue weighted by molar-refractivity contribution is 5.95. The Balaban J connectivity index is 1.74. The van der Waals surface area contributed by atoms with Crippen LogP contribution in [0.15, 0.2) is 48.5 Å². The molecular weight excluding hydrogens is 336 g/mol. The number of piperidine rings is 1. The van der Waals surface area contributed by atoms with Crippen molar-refractivity contribution >= 4 is 11.6 Å². The molecule has 0 bridgehead atoms. The van der Waals surface area contributed by atoms with Crippen LogP contribution in [0.25, 0.3) is 11.1 Å². The van der Waals surface area contributed by atoms with E-state index in [4.69, 9.17) is 0 Å². The van der Waals surface area contributed by atoms with E-state index in [9.17, 15) is 9.90 Å². The predicted molar refractivity (Wildman–Crippen MR) is 111 cm³/mol. The van der Waals surface area contributed by atoms with E-state index < -0.39 is 0 Å². The van der Waals surface area contributed by atoms with Gasteiger partial charge in [0.2, 0.25) is 0 Å².